The fourth-order valence-electron chi connectivity index (χ4n) is 2.74. The van der Waals surface area contributed by atoms with Crippen molar-refractivity contribution in [1.29, 1.82) is 0 Å². The van der Waals surface area contributed by atoms with Crippen LogP contribution in [0.1, 0.15) is 18.1 Å². The number of anilines is 1. The van der Waals surface area contributed by atoms with Crippen LogP contribution in [0.3, 0.4) is 0 Å². The maximum Gasteiger partial charge on any atom is 0.235 e. The summed E-state index contributed by atoms with van der Waals surface area (Å²) in [5, 5.41) is 3.57. The van der Waals surface area contributed by atoms with E-state index in [9.17, 15) is 4.79 Å². The molecule has 1 amide bonds. The smallest absolute Gasteiger partial charge is 0.235 e. The number of nitrogens with one attached hydrogen (secondary N) is 1. The minimum atomic E-state index is -0.602. The molecule has 0 saturated heterocycles. The summed E-state index contributed by atoms with van der Waals surface area (Å²) in [6, 6.07) is 15.6. The molecule has 3 rings (SSSR count). The largest absolute Gasteiger partial charge is 0.325 e. The molecule has 2 aromatic carbocycles. The van der Waals surface area contributed by atoms with Gasteiger partial charge in [0, 0.05) is 16.3 Å². The maximum atomic E-state index is 12.3. The number of amides is 1. The van der Waals surface area contributed by atoms with Gasteiger partial charge in [-0.1, -0.05) is 48.0 Å². The van der Waals surface area contributed by atoms with Gasteiger partial charge < -0.3 is 5.32 Å². The lowest BCUT2D eigenvalue weighted by Gasteiger charge is -2.23. The molecule has 2 nitrogen and oxygen atoms in total. The highest BCUT2D eigenvalue weighted by molar-refractivity contribution is 6.33. The highest BCUT2D eigenvalue weighted by Crippen LogP contribution is 2.43. The summed E-state index contributed by atoms with van der Waals surface area (Å²) in [7, 11) is 0. The van der Waals surface area contributed by atoms with Gasteiger partial charge in [-0.3, -0.25) is 4.79 Å². The van der Waals surface area contributed by atoms with Crippen molar-refractivity contribution in [3.63, 3.8) is 0 Å². The average molecular weight is 272 g/mol. The zero-order valence-electron chi connectivity index (χ0n) is 10.6. The molecule has 0 saturated carbocycles. The molecule has 1 unspecified atom stereocenters. The summed E-state index contributed by atoms with van der Waals surface area (Å²) in [4.78, 5) is 12.3. The van der Waals surface area contributed by atoms with Crippen LogP contribution in [0.15, 0.2) is 48.5 Å². The van der Waals surface area contributed by atoms with Crippen molar-refractivity contribution in [3.8, 4) is 0 Å². The van der Waals surface area contributed by atoms with E-state index in [0.29, 0.717) is 11.4 Å². The first-order chi connectivity index (χ1) is 9.11. The van der Waals surface area contributed by atoms with Gasteiger partial charge in [-0.05, 0) is 31.0 Å². The van der Waals surface area contributed by atoms with Crippen LogP contribution in [0.5, 0.6) is 0 Å². The molecule has 1 aliphatic rings. The highest BCUT2D eigenvalue weighted by Gasteiger charge is 2.44. The molecule has 19 heavy (non-hydrogen) atoms. The van der Waals surface area contributed by atoms with Crippen LogP contribution in [-0.2, 0) is 16.6 Å². The fraction of sp³-hybridized carbons (Fsp3) is 0.188. The van der Waals surface area contributed by atoms with Crippen LogP contribution in [0, 0.1) is 0 Å². The van der Waals surface area contributed by atoms with Crippen LogP contribution in [-0.4, -0.2) is 5.91 Å². The zero-order valence-corrected chi connectivity index (χ0v) is 11.4. The summed E-state index contributed by atoms with van der Waals surface area (Å²) in [6.07, 6.45) is 0.649. The second-order valence-electron chi connectivity index (χ2n) is 5.11. The Hall–Kier alpha value is -1.80. The SMILES string of the molecule is CC1(Cc2ccccc2)C(=O)Nc2cccc(Cl)c21. The van der Waals surface area contributed by atoms with Crippen LogP contribution in [0.25, 0.3) is 0 Å². The molecule has 2 aromatic rings. The van der Waals surface area contributed by atoms with E-state index in [1.54, 1.807) is 0 Å². The van der Waals surface area contributed by atoms with E-state index in [0.717, 1.165) is 16.8 Å². The van der Waals surface area contributed by atoms with E-state index >= 15 is 0 Å². The number of hydrogen-bond acceptors (Lipinski definition) is 1. The van der Waals surface area contributed by atoms with Crippen LogP contribution < -0.4 is 5.32 Å². The molecular weight excluding hydrogens is 258 g/mol. The molecule has 0 fully saturated rings. The maximum absolute atomic E-state index is 12.3. The number of hydrogen-bond donors (Lipinski definition) is 1. The Kier molecular flexibility index (Phi) is 2.83. The van der Waals surface area contributed by atoms with Crippen LogP contribution in [0.4, 0.5) is 5.69 Å². The van der Waals surface area contributed by atoms with Crippen molar-refractivity contribution in [1.82, 2.24) is 0 Å². The van der Waals surface area contributed by atoms with Gasteiger partial charge >= 0.3 is 0 Å². The van der Waals surface area contributed by atoms with E-state index < -0.39 is 5.41 Å². The van der Waals surface area contributed by atoms with Gasteiger partial charge in [-0.15, -0.1) is 0 Å². The molecule has 0 aromatic heterocycles. The predicted molar refractivity (Wildman–Crippen MR) is 77.6 cm³/mol. The monoisotopic (exact) mass is 271 g/mol. The third-order valence-corrected chi connectivity index (χ3v) is 4.03. The van der Waals surface area contributed by atoms with Crippen molar-refractivity contribution in [3.05, 3.63) is 64.7 Å². The molecule has 96 valence electrons. The first kappa shape index (κ1) is 12.2. The molecule has 1 heterocycles. The van der Waals surface area contributed by atoms with E-state index in [1.807, 2.05) is 55.5 Å². The highest BCUT2D eigenvalue weighted by atomic mass is 35.5. The number of benzene rings is 2. The second kappa shape index (κ2) is 4.39. The Bertz CT molecular complexity index is 638. The number of halogens is 1. The average Bonchev–Trinajstić information content (AvgIpc) is 2.64. The van der Waals surface area contributed by atoms with Crippen LogP contribution >= 0.6 is 11.6 Å². The first-order valence-corrected chi connectivity index (χ1v) is 6.63. The Balaban J connectivity index is 2.08. The van der Waals surface area contributed by atoms with E-state index in [1.165, 1.54) is 0 Å². The van der Waals surface area contributed by atoms with Gasteiger partial charge in [-0.25, -0.2) is 0 Å². The third-order valence-electron chi connectivity index (χ3n) is 3.72. The summed E-state index contributed by atoms with van der Waals surface area (Å²) >= 11 is 6.29. The lowest BCUT2D eigenvalue weighted by atomic mass is 9.78. The van der Waals surface area contributed by atoms with E-state index in [4.69, 9.17) is 11.6 Å². The van der Waals surface area contributed by atoms with Crippen molar-refractivity contribution >= 4 is 23.2 Å². The zero-order chi connectivity index (χ0) is 13.5. The van der Waals surface area contributed by atoms with Crippen LogP contribution in [0.2, 0.25) is 5.02 Å². The first-order valence-electron chi connectivity index (χ1n) is 6.25. The molecule has 1 atom stereocenters. The summed E-state index contributed by atoms with van der Waals surface area (Å²) in [5.41, 5.74) is 2.27. The predicted octanol–water partition coefficient (Wildman–Crippen LogP) is 3.79. The lowest BCUT2D eigenvalue weighted by Crippen LogP contribution is -2.33. The number of carbonyl (C=O) groups is 1. The van der Waals surface area contributed by atoms with Crippen molar-refractivity contribution in [2.75, 3.05) is 5.32 Å². The Morgan fingerprint density at radius 1 is 1.11 bits per heavy atom. The van der Waals surface area contributed by atoms with Crippen molar-refractivity contribution in [2.45, 2.75) is 18.8 Å². The molecule has 1 N–H and O–H groups in total. The van der Waals surface area contributed by atoms with Gasteiger partial charge in [-0.2, -0.15) is 0 Å². The van der Waals surface area contributed by atoms with Crippen molar-refractivity contribution < 1.29 is 4.79 Å². The molecule has 3 heteroatoms. The van der Waals surface area contributed by atoms with Gasteiger partial charge in [0.25, 0.3) is 0 Å². The standard InChI is InChI=1S/C16H14ClNO/c1-16(10-11-6-3-2-4-7-11)14-12(17)8-5-9-13(14)18-15(16)19/h2-9H,10H2,1H3,(H,18,19). The third kappa shape index (κ3) is 1.92. The second-order valence-corrected chi connectivity index (χ2v) is 5.52. The lowest BCUT2D eigenvalue weighted by molar-refractivity contribution is -0.120. The molecular formula is C16H14ClNO. The van der Waals surface area contributed by atoms with Gasteiger partial charge in [0.1, 0.15) is 0 Å². The molecule has 0 aliphatic carbocycles. The number of carbonyl (C=O) groups excluding carboxylic acids is 1. The Morgan fingerprint density at radius 2 is 1.84 bits per heavy atom. The van der Waals surface area contributed by atoms with Gasteiger partial charge in [0.15, 0.2) is 0 Å². The summed E-state index contributed by atoms with van der Waals surface area (Å²) < 4.78 is 0. The Labute approximate surface area is 117 Å². The molecule has 0 radical (unpaired) electrons. The number of fused-ring (bicyclic) bond motifs is 1. The summed E-state index contributed by atoms with van der Waals surface area (Å²) in [5.74, 6) is 0.0134. The summed E-state index contributed by atoms with van der Waals surface area (Å²) in [6.45, 7) is 1.95. The van der Waals surface area contributed by atoms with E-state index in [2.05, 4.69) is 5.32 Å². The normalized spacial score (nSPS) is 21.1. The minimum Gasteiger partial charge on any atom is -0.325 e. The van der Waals surface area contributed by atoms with Gasteiger partial charge in [0.2, 0.25) is 5.91 Å². The van der Waals surface area contributed by atoms with E-state index in [-0.39, 0.29) is 5.91 Å². The molecule has 0 spiro atoms. The Morgan fingerprint density at radius 3 is 2.58 bits per heavy atom. The molecule has 0 bridgehead atoms. The molecule has 1 aliphatic heterocycles. The minimum absolute atomic E-state index is 0.0134. The quantitative estimate of drug-likeness (QED) is 0.885. The van der Waals surface area contributed by atoms with Crippen molar-refractivity contribution in [2.24, 2.45) is 0 Å². The number of rotatable bonds is 2. The van der Waals surface area contributed by atoms with Gasteiger partial charge in [0.05, 0.1) is 5.41 Å². The topological polar surface area (TPSA) is 29.1 Å². The fourth-order valence-corrected chi connectivity index (χ4v) is 3.12.